The molecule has 0 saturated heterocycles. The predicted molar refractivity (Wildman–Crippen MR) is 93.6 cm³/mol. The second-order valence-electron chi connectivity index (χ2n) is 7.04. The highest BCUT2D eigenvalue weighted by Crippen LogP contribution is 2.41. The largest absolute Gasteiger partial charge is 0.352 e. The lowest BCUT2D eigenvalue weighted by Crippen LogP contribution is -2.57. The van der Waals surface area contributed by atoms with Gasteiger partial charge in [-0.1, -0.05) is 59.7 Å². The van der Waals surface area contributed by atoms with Gasteiger partial charge in [0.05, 0.1) is 0 Å². The van der Waals surface area contributed by atoms with Gasteiger partial charge >= 0.3 is 0 Å². The first-order valence-corrected chi connectivity index (χ1v) is 10.1. The van der Waals surface area contributed by atoms with E-state index in [1.165, 1.54) is 10.9 Å². The van der Waals surface area contributed by atoms with Crippen molar-refractivity contribution in [2.45, 2.75) is 58.2 Å². The maximum atomic E-state index is 2.47. The van der Waals surface area contributed by atoms with E-state index >= 15 is 0 Å². The van der Waals surface area contributed by atoms with Crippen molar-refractivity contribution in [1.82, 2.24) is 4.57 Å². The molecule has 0 bridgehead atoms. The summed E-state index contributed by atoms with van der Waals surface area (Å²) < 4.78 is 2.47. The summed E-state index contributed by atoms with van der Waals surface area (Å²) in [6.07, 6.45) is 0. The monoisotopic (exact) mass is 287 g/mol. The highest BCUT2D eigenvalue weighted by Gasteiger charge is 2.46. The van der Waals surface area contributed by atoms with E-state index < -0.39 is 8.07 Å². The maximum Gasteiger partial charge on any atom is 0.115 e. The average molecular weight is 288 g/mol. The summed E-state index contributed by atoms with van der Waals surface area (Å²) in [5, 5.41) is 3.02. The summed E-state index contributed by atoms with van der Waals surface area (Å²) in [6, 6.07) is 11.3. The zero-order chi connectivity index (χ0) is 15.1. The van der Waals surface area contributed by atoms with Gasteiger partial charge in [0, 0.05) is 17.9 Å². The van der Waals surface area contributed by atoms with Gasteiger partial charge in [-0.2, -0.15) is 0 Å². The molecule has 2 rings (SSSR count). The minimum absolute atomic E-state index is 0.755. The number of hydrogen-bond donors (Lipinski definition) is 0. The molecule has 0 aliphatic rings. The Bertz CT molecular complexity index is 571. The van der Waals surface area contributed by atoms with E-state index in [9.17, 15) is 0 Å². The molecule has 0 saturated carbocycles. The van der Waals surface area contributed by atoms with Gasteiger partial charge in [0.25, 0.3) is 0 Å². The Morgan fingerprint density at radius 1 is 0.850 bits per heavy atom. The third-order valence-corrected chi connectivity index (χ3v) is 12.4. The summed E-state index contributed by atoms with van der Waals surface area (Å²) in [5.74, 6) is 0. The minimum atomic E-state index is -1.57. The lowest BCUT2D eigenvalue weighted by Gasteiger charge is -2.43. The fraction of sp³-hybridized carbons (Fsp3) is 0.556. The van der Waals surface area contributed by atoms with Crippen LogP contribution in [0.1, 0.15) is 41.5 Å². The molecule has 0 aliphatic carbocycles. The number of fused-ring (bicyclic) bond motifs is 1. The smallest absolute Gasteiger partial charge is 0.115 e. The second kappa shape index (κ2) is 5.40. The van der Waals surface area contributed by atoms with E-state index in [1.807, 2.05) is 0 Å². The molecule has 0 spiro atoms. The van der Waals surface area contributed by atoms with Crippen LogP contribution in [0.4, 0.5) is 0 Å². The van der Waals surface area contributed by atoms with E-state index in [0.717, 1.165) is 16.6 Å². The lowest BCUT2D eigenvalue weighted by molar-refractivity contribution is 0.820. The summed E-state index contributed by atoms with van der Waals surface area (Å²) in [5.41, 5.74) is 3.64. The van der Waals surface area contributed by atoms with Gasteiger partial charge in [-0.3, -0.25) is 0 Å². The van der Waals surface area contributed by atoms with Crippen molar-refractivity contribution >= 4 is 24.3 Å². The van der Waals surface area contributed by atoms with Crippen molar-refractivity contribution in [3.05, 3.63) is 30.3 Å². The van der Waals surface area contributed by atoms with Crippen LogP contribution in [0, 0.1) is 0 Å². The van der Waals surface area contributed by atoms with Gasteiger partial charge in [-0.15, -0.1) is 0 Å². The summed E-state index contributed by atoms with van der Waals surface area (Å²) in [7, 11) is 0.688. The molecule has 0 amide bonds. The van der Waals surface area contributed by atoms with E-state index in [0.29, 0.717) is 0 Å². The average Bonchev–Trinajstić information content (AvgIpc) is 2.67. The van der Waals surface area contributed by atoms with E-state index in [2.05, 4.69) is 83.5 Å². The van der Waals surface area contributed by atoms with Crippen LogP contribution in [0.3, 0.4) is 0 Å². The van der Waals surface area contributed by atoms with E-state index in [-0.39, 0.29) is 0 Å². The van der Waals surface area contributed by atoms with Gasteiger partial charge in [0.15, 0.2) is 0 Å². The molecule has 110 valence electrons. The highest BCUT2D eigenvalue weighted by atomic mass is 28.3. The molecule has 1 aromatic carbocycles. The number of rotatable bonds is 4. The highest BCUT2D eigenvalue weighted by molar-refractivity contribution is 6.94. The van der Waals surface area contributed by atoms with Crippen LogP contribution >= 0.6 is 0 Å². The standard InChI is InChI=1S/C18H29NSi/c1-13(2)20(14(3)4,15(5)6)18-12-16-10-8-9-11-17(16)19(18)7/h8-15H,1-7H3. The molecule has 0 fully saturated rings. The Labute approximate surface area is 125 Å². The van der Waals surface area contributed by atoms with Gasteiger partial charge in [-0.25, -0.2) is 0 Å². The maximum absolute atomic E-state index is 2.47. The molecule has 0 aliphatic heterocycles. The molecular formula is C18H29NSi. The van der Waals surface area contributed by atoms with Crippen LogP contribution in [0.5, 0.6) is 0 Å². The minimum Gasteiger partial charge on any atom is -0.352 e. The Hall–Kier alpha value is -1.02. The Kier molecular flexibility index (Phi) is 4.15. The van der Waals surface area contributed by atoms with Crippen molar-refractivity contribution in [3.63, 3.8) is 0 Å². The Morgan fingerprint density at radius 2 is 1.35 bits per heavy atom. The first-order chi connectivity index (χ1) is 9.33. The van der Waals surface area contributed by atoms with E-state index in [1.54, 1.807) is 5.32 Å². The van der Waals surface area contributed by atoms with Crippen LogP contribution in [-0.4, -0.2) is 12.6 Å². The normalized spacial score (nSPS) is 13.1. The van der Waals surface area contributed by atoms with E-state index in [4.69, 9.17) is 0 Å². The van der Waals surface area contributed by atoms with Crippen molar-refractivity contribution in [2.75, 3.05) is 0 Å². The van der Waals surface area contributed by atoms with Gasteiger partial charge in [0.1, 0.15) is 8.07 Å². The molecule has 20 heavy (non-hydrogen) atoms. The first kappa shape index (κ1) is 15.4. The van der Waals surface area contributed by atoms with Crippen molar-refractivity contribution in [1.29, 1.82) is 0 Å². The molecular weight excluding hydrogens is 258 g/mol. The number of aromatic nitrogens is 1. The molecule has 1 aromatic heterocycles. The van der Waals surface area contributed by atoms with Crippen LogP contribution in [-0.2, 0) is 7.05 Å². The Balaban J connectivity index is 2.78. The molecule has 0 unspecified atom stereocenters. The topological polar surface area (TPSA) is 4.93 Å². The van der Waals surface area contributed by atoms with Gasteiger partial charge in [-0.05, 0) is 34.1 Å². The van der Waals surface area contributed by atoms with Crippen LogP contribution < -0.4 is 5.32 Å². The molecule has 0 atom stereocenters. The molecule has 2 heteroatoms. The SMILES string of the molecule is CC(C)[Si](c1cc2ccccc2n1C)(C(C)C)C(C)C. The third kappa shape index (κ3) is 2.05. The van der Waals surface area contributed by atoms with Crippen molar-refractivity contribution in [2.24, 2.45) is 7.05 Å². The predicted octanol–water partition coefficient (Wildman–Crippen LogP) is 5.06. The molecule has 0 radical (unpaired) electrons. The number of benzene rings is 1. The molecule has 1 heterocycles. The molecule has 2 aromatic rings. The molecule has 0 N–H and O–H groups in total. The number of aryl methyl sites for hydroxylation is 1. The van der Waals surface area contributed by atoms with Gasteiger partial charge < -0.3 is 4.57 Å². The summed E-state index contributed by atoms with van der Waals surface area (Å²) >= 11 is 0. The fourth-order valence-electron chi connectivity index (χ4n) is 4.59. The van der Waals surface area contributed by atoms with Gasteiger partial charge in [0.2, 0.25) is 0 Å². The van der Waals surface area contributed by atoms with Crippen LogP contribution in [0.25, 0.3) is 10.9 Å². The fourth-order valence-corrected chi connectivity index (χ4v) is 11.5. The van der Waals surface area contributed by atoms with Crippen molar-refractivity contribution < 1.29 is 0 Å². The first-order valence-electron chi connectivity index (χ1n) is 7.88. The number of hydrogen-bond acceptors (Lipinski definition) is 0. The number of para-hydroxylation sites is 1. The zero-order valence-corrected chi connectivity index (χ0v) is 15.1. The zero-order valence-electron chi connectivity index (χ0n) is 14.1. The lowest BCUT2D eigenvalue weighted by atomic mass is 10.2. The third-order valence-electron chi connectivity index (χ3n) is 5.26. The van der Waals surface area contributed by atoms with Crippen LogP contribution in [0.15, 0.2) is 30.3 Å². The second-order valence-corrected chi connectivity index (χ2v) is 12.9. The summed E-state index contributed by atoms with van der Waals surface area (Å²) in [6.45, 7) is 14.6. The summed E-state index contributed by atoms with van der Waals surface area (Å²) in [4.78, 5) is 0. The molecule has 1 nitrogen and oxygen atoms in total. The van der Waals surface area contributed by atoms with Crippen molar-refractivity contribution in [3.8, 4) is 0 Å². The van der Waals surface area contributed by atoms with Crippen LogP contribution in [0.2, 0.25) is 16.6 Å². The number of nitrogens with zero attached hydrogens (tertiary/aromatic N) is 1. The Morgan fingerprint density at radius 3 is 1.80 bits per heavy atom. The quantitative estimate of drug-likeness (QED) is 0.692.